The van der Waals surface area contributed by atoms with Gasteiger partial charge in [-0.3, -0.25) is 4.98 Å². The van der Waals surface area contributed by atoms with Crippen LogP contribution in [-0.4, -0.2) is 16.0 Å². The second kappa shape index (κ2) is 4.92. The molecular weight excluding hydrogens is 238 g/mol. The Morgan fingerprint density at radius 3 is 3.00 bits per heavy atom. The fourth-order valence-electron chi connectivity index (χ4n) is 1.27. The van der Waals surface area contributed by atoms with E-state index in [0.717, 1.165) is 15.6 Å². The molecule has 0 aliphatic rings. The maximum atomic E-state index is 8.58. The fraction of sp³-hybridized carbons (Fsp3) is 0.0909. The first kappa shape index (κ1) is 11.5. The van der Waals surface area contributed by atoms with Gasteiger partial charge in [-0.2, -0.15) is 0 Å². The number of pyridine rings is 1. The average molecular weight is 249 g/mol. The molecule has 0 saturated heterocycles. The summed E-state index contributed by atoms with van der Waals surface area (Å²) in [6, 6.07) is 5.50. The van der Waals surface area contributed by atoms with Crippen LogP contribution < -0.4 is 5.73 Å². The largest absolute Gasteiger partial charge is 0.468 e. The zero-order valence-electron chi connectivity index (χ0n) is 9.12. The van der Waals surface area contributed by atoms with Crippen molar-refractivity contribution in [2.45, 2.75) is 16.7 Å². The molecule has 88 valence electrons. The highest BCUT2D eigenvalue weighted by Crippen LogP contribution is 2.30. The van der Waals surface area contributed by atoms with E-state index in [1.807, 2.05) is 19.1 Å². The third-order valence-corrected chi connectivity index (χ3v) is 3.27. The van der Waals surface area contributed by atoms with Gasteiger partial charge in [0.15, 0.2) is 5.84 Å². The van der Waals surface area contributed by atoms with E-state index in [9.17, 15) is 0 Å². The zero-order valence-corrected chi connectivity index (χ0v) is 9.94. The van der Waals surface area contributed by atoms with Gasteiger partial charge in [0.2, 0.25) is 0 Å². The van der Waals surface area contributed by atoms with Crippen molar-refractivity contribution < 1.29 is 9.62 Å². The van der Waals surface area contributed by atoms with Crippen LogP contribution in [0.2, 0.25) is 0 Å². The highest BCUT2D eigenvalue weighted by atomic mass is 32.2. The summed E-state index contributed by atoms with van der Waals surface area (Å²) in [5.74, 6) is 0.855. The summed E-state index contributed by atoms with van der Waals surface area (Å²) in [5, 5.41) is 11.5. The second-order valence-corrected chi connectivity index (χ2v) is 4.42. The number of aromatic nitrogens is 1. The number of furan rings is 1. The van der Waals surface area contributed by atoms with E-state index < -0.39 is 0 Å². The van der Waals surface area contributed by atoms with Crippen LogP contribution in [0.5, 0.6) is 0 Å². The van der Waals surface area contributed by atoms with Crippen LogP contribution in [-0.2, 0) is 0 Å². The van der Waals surface area contributed by atoms with Gasteiger partial charge in [0, 0.05) is 11.1 Å². The molecule has 0 aliphatic carbocycles. The normalized spacial score (nSPS) is 11.7. The molecule has 0 bridgehead atoms. The first-order valence-electron chi connectivity index (χ1n) is 4.86. The van der Waals surface area contributed by atoms with E-state index in [-0.39, 0.29) is 5.84 Å². The maximum absolute atomic E-state index is 8.58. The topological polar surface area (TPSA) is 84.6 Å². The van der Waals surface area contributed by atoms with E-state index >= 15 is 0 Å². The summed E-state index contributed by atoms with van der Waals surface area (Å²) in [5.41, 5.74) is 5.92. The average Bonchev–Trinajstić information content (AvgIpc) is 2.74. The Morgan fingerprint density at radius 1 is 1.53 bits per heavy atom. The lowest BCUT2D eigenvalue weighted by Crippen LogP contribution is -2.14. The monoisotopic (exact) mass is 249 g/mol. The highest BCUT2D eigenvalue weighted by Gasteiger charge is 2.06. The Hall–Kier alpha value is -1.95. The molecule has 0 amide bonds. The Balaban J connectivity index is 2.26. The molecular formula is C11H11N3O2S. The smallest absolute Gasteiger partial charge is 0.188 e. The maximum Gasteiger partial charge on any atom is 0.188 e. The Bertz CT molecular complexity index is 551. The molecule has 0 spiro atoms. The van der Waals surface area contributed by atoms with Gasteiger partial charge in [0.25, 0.3) is 0 Å². The molecule has 0 fully saturated rings. The number of nitrogens with zero attached hydrogens (tertiary/aromatic N) is 2. The molecule has 2 heterocycles. The first-order valence-corrected chi connectivity index (χ1v) is 5.68. The predicted molar refractivity (Wildman–Crippen MR) is 64.3 cm³/mol. The molecule has 5 nitrogen and oxygen atoms in total. The number of rotatable bonds is 3. The summed E-state index contributed by atoms with van der Waals surface area (Å²) in [6.07, 6.45) is 3.26. The highest BCUT2D eigenvalue weighted by molar-refractivity contribution is 7.99. The molecule has 0 aliphatic heterocycles. The summed E-state index contributed by atoms with van der Waals surface area (Å²) in [7, 11) is 0. The Labute approximate surface area is 102 Å². The van der Waals surface area contributed by atoms with Gasteiger partial charge in [0.05, 0.1) is 11.2 Å². The number of amidine groups is 1. The molecule has 0 unspecified atom stereocenters. The van der Waals surface area contributed by atoms with Gasteiger partial charge >= 0.3 is 0 Å². The third kappa shape index (κ3) is 2.59. The number of aryl methyl sites for hydroxylation is 1. The number of oxime groups is 1. The zero-order chi connectivity index (χ0) is 12.3. The third-order valence-electron chi connectivity index (χ3n) is 2.14. The van der Waals surface area contributed by atoms with Crippen LogP contribution in [0.1, 0.15) is 11.5 Å². The van der Waals surface area contributed by atoms with Crippen molar-refractivity contribution >= 4 is 17.6 Å². The molecule has 2 aromatic heterocycles. The van der Waals surface area contributed by atoms with Crippen molar-refractivity contribution in [3.05, 3.63) is 42.1 Å². The van der Waals surface area contributed by atoms with Crippen molar-refractivity contribution in [1.82, 2.24) is 4.98 Å². The van der Waals surface area contributed by atoms with Crippen LogP contribution in [0.15, 0.2) is 50.0 Å². The van der Waals surface area contributed by atoms with Gasteiger partial charge in [-0.1, -0.05) is 16.9 Å². The van der Waals surface area contributed by atoms with Gasteiger partial charge in [-0.05, 0) is 25.1 Å². The van der Waals surface area contributed by atoms with Crippen molar-refractivity contribution in [2.24, 2.45) is 10.9 Å². The number of hydrogen-bond donors (Lipinski definition) is 2. The Morgan fingerprint density at radius 2 is 2.35 bits per heavy atom. The summed E-state index contributed by atoms with van der Waals surface area (Å²) in [4.78, 5) is 5.99. The fourth-order valence-corrected chi connectivity index (χ4v) is 2.14. The molecule has 2 rings (SSSR count). The van der Waals surface area contributed by atoms with E-state index in [0.29, 0.717) is 5.69 Å². The summed E-state index contributed by atoms with van der Waals surface area (Å²) < 4.78 is 5.21. The number of hydrogen-bond acceptors (Lipinski definition) is 5. The van der Waals surface area contributed by atoms with Crippen molar-refractivity contribution in [3.8, 4) is 0 Å². The van der Waals surface area contributed by atoms with E-state index in [1.165, 1.54) is 11.8 Å². The Kier molecular flexibility index (Phi) is 3.34. The minimum absolute atomic E-state index is 0.00337. The van der Waals surface area contributed by atoms with Gasteiger partial charge in [-0.25, -0.2) is 0 Å². The molecule has 0 atom stereocenters. The summed E-state index contributed by atoms with van der Waals surface area (Å²) >= 11 is 1.54. The van der Waals surface area contributed by atoms with Gasteiger partial charge in [-0.15, -0.1) is 0 Å². The van der Waals surface area contributed by atoms with Crippen LogP contribution in [0.3, 0.4) is 0 Å². The quantitative estimate of drug-likeness (QED) is 0.377. The van der Waals surface area contributed by atoms with Crippen molar-refractivity contribution in [1.29, 1.82) is 0 Å². The van der Waals surface area contributed by atoms with E-state index in [1.54, 1.807) is 18.5 Å². The van der Waals surface area contributed by atoms with Crippen LogP contribution in [0.4, 0.5) is 0 Å². The van der Waals surface area contributed by atoms with Crippen LogP contribution >= 0.6 is 11.8 Å². The molecule has 3 N–H and O–H groups in total. The lowest BCUT2D eigenvalue weighted by atomic mass is 10.3. The first-order chi connectivity index (χ1) is 8.20. The SMILES string of the molecule is Cc1occc1Sc1ccnc(/C(N)=N/O)c1. The molecule has 6 heteroatoms. The minimum Gasteiger partial charge on any atom is -0.468 e. The van der Waals surface area contributed by atoms with Gasteiger partial charge < -0.3 is 15.4 Å². The van der Waals surface area contributed by atoms with Gasteiger partial charge in [0.1, 0.15) is 11.5 Å². The predicted octanol–water partition coefficient (Wildman–Crippen LogP) is 2.23. The van der Waals surface area contributed by atoms with E-state index in [2.05, 4.69) is 10.1 Å². The second-order valence-electron chi connectivity index (χ2n) is 3.31. The molecule has 17 heavy (non-hydrogen) atoms. The summed E-state index contributed by atoms with van der Waals surface area (Å²) in [6.45, 7) is 1.90. The molecule has 0 saturated carbocycles. The molecule has 0 aromatic carbocycles. The van der Waals surface area contributed by atoms with Crippen LogP contribution in [0.25, 0.3) is 0 Å². The van der Waals surface area contributed by atoms with E-state index in [4.69, 9.17) is 15.4 Å². The standard InChI is InChI=1S/C11H11N3O2S/c1-7-10(3-5-16-7)17-8-2-4-13-9(6-8)11(12)14-15/h2-6,15H,1H3,(H2,12,14). The molecule has 2 aromatic rings. The lowest BCUT2D eigenvalue weighted by molar-refractivity contribution is 0.318. The minimum atomic E-state index is -0.00337. The van der Waals surface area contributed by atoms with Crippen molar-refractivity contribution in [2.75, 3.05) is 0 Å². The van der Waals surface area contributed by atoms with Crippen molar-refractivity contribution in [3.63, 3.8) is 0 Å². The van der Waals surface area contributed by atoms with Crippen LogP contribution in [0, 0.1) is 6.92 Å². The number of nitrogens with two attached hydrogens (primary N) is 1. The molecule has 0 radical (unpaired) electrons. The lowest BCUT2D eigenvalue weighted by Gasteiger charge is -2.02.